The van der Waals surface area contributed by atoms with Crippen LogP contribution in [0.1, 0.15) is 25.8 Å². The van der Waals surface area contributed by atoms with Crippen LogP contribution in [0, 0.1) is 0 Å². The van der Waals surface area contributed by atoms with Gasteiger partial charge in [-0.05, 0) is 19.1 Å². The highest BCUT2D eigenvalue weighted by Crippen LogP contribution is 2.23. The lowest BCUT2D eigenvalue weighted by atomic mass is 10.2. The normalized spacial score (nSPS) is 9.94. The zero-order valence-electron chi connectivity index (χ0n) is 9.55. The summed E-state index contributed by atoms with van der Waals surface area (Å²) < 4.78 is 5.45. The van der Waals surface area contributed by atoms with Gasteiger partial charge in [-0.2, -0.15) is 0 Å². The molecule has 0 bridgehead atoms. The van der Waals surface area contributed by atoms with Crippen molar-refractivity contribution in [2.75, 3.05) is 6.61 Å². The molecule has 0 aliphatic rings. The molecule has 0 spiro atoms. The first kappa shape index (κ1) is 12.8. The van der Waals surface area contributed by atoms with Gasteiger partial charge in [0.1, 0.15) is 5.75 Å². The second-order valence-corrected chi connectivity index (χ2v) is 3.75. The lowest BCUT2D eigenvalue weighted by molar-refractivity contribution is -0.120. The Morgan fingerprint density at radius 1 is 1.44 bits per heavy atom. The summed E-state index contributed by atoms with van der Waals surface area (Å²) in [5.41, 5.74) is 0.938. The Morgan fingerprint density at radius 2 is 2.19 bits per heavy atom. The lowest BCUT2D eigenvalue weighted by Gasteiger charge is -2.11. The van der Waals surface area contributed by atoms with Crippen molar-refractivity contribution in [3.05, 3.63) is 28.8 Å². The first-order valence-corrected chi connectivity index (χ1v) is 5.73. The smallest absolute Gasteiger partial charge is 0.219 e. The third-order valence-electron chi connectivity index (χ3n) is 2.13. The molecule has 0 aliphatic carbocycles. The predicted molar refractivity (Wildman–Crippen MR) is 64.8 cm³/mol. The van der Waals surface area contributed by atoms with Gasteiger partial charge in [0.05, 0.1) is 6.61 Å². The molecule has 0 aliphatic heterocycles. The first-order chi connectivity index (χ1) is 7.67. The highest BCUT2D eigenvalue weighted by atomic mass is 35.5. The van der Waals surface area contributed by atoms with Crippen molar-refractivity contribution in [2.45, 2.75) is 26.8 Å². The largest absolute Gasteiger partial charge is 0.493 e. The van der Waals surface area contributed by atoms with Crippen molar-refractivity contribution >= 4 is 17.5 Å². The van der Waals surface area contributed by atoms with Gasteiger partial charge >= 0.3 is 0 Å². The van der Waals surface area contributed by atoms with E-state index in [1.807, 2.05) is 19.9 Å². The fraction of sp³-hybridized carbons (Fsp3) is 0.417. The molecule has 0 atom stereocenters. The van der Waals surface area contributed by atoms with Gasteiger partial charge in [0.25, 0.3) is 0 Å². The maximum atomic E-state index is 11.1. The summed E-state index contributed by atoms with van der Waals surface area (Å²) in [7, 11) is 0. The molecular formula is C12H16ClNO2. The summed E-state index contributed by atoms with van der Waals surface area (Å²) >= 11 is 5.88. The highest BCUT2D eigenvalue weighted by Gasteiger charge is 2.05. The van der Waals surface area contributed by atoms with Crippen molar-refractivity contribution in [3.8, 4) is 5.75 Å². The van der Waals surface area contributed by atoms with Crippen LogP contribution in [0.4, 0.5) is 0 Å². The average molecular weight is 242 g/mol. The second kappa shape index (κ2) is 6.38. The van der Waals surface area contributed by atoms with E-state index in [1.54, 1.807) is 12.1 Å². The molecule has 4 heteroatoms. The molecule has 16 heavy (non-hydrogen) atoms. The molecule has 3 nitrogen and oxygen atoms in total. The Labute approximate surface area is 101 Å². The van der Waals surface area contributed by atoms with Gasteiger partial charge in [0.2, 0.25) is 5.91 Å². The molecule has 0 heterocycles. The number of halogens is 1. The summed E-state index contributed by atoms with van der Waals surface area (Å²) in [6.45, 7) is 4.78. The van der Waals surface area contributed by atoms with Gasteiger partial charge in [-0.3, -0.25) is 4.79 Å². The van der Waals surface area contributed by atoms with E-state index < -0.39 is 0 Å². The Bertz CT molecular complexity index is 366. The van der Waals surface area contributed by atoms with E-state index in [2.05, 4.69) is 5.32 Å². The van der Waals surface area contributed by atoms with Crippen LogP contribution in [-0.4, -0.2) is 12.5 Å². The number of ether oxygens (including phenoxy) is 1. The van der Waals surface area contributed by atoms with Crippen LogP contribution in [-0.2, 0) is 11.3 Å². The summed E-state index contributed by atoms with van der Waals surface area (Å²) in [6.07, 6.45) is 0.484. The van der Waals surface area contributed by atoms with E-state index >= 15 is 0 Å². The van der Waals surface area contributed by atoms with Gasteiger partial charge in [0, 0.05) is 23.6 Å². The number of rotatable bonds is 5. The standard InChI is InChI=1S/C12H16ClNO2/c1-3-12(15)14-8-9-5-6-10(13)7-11(9)16-4-2/h5-7H,3-4,8H2,1-2H3,(H,14,15). The molecule has 0 unspecified atom stereocenters. The maximum Gasteiger partial charge on any atom is 0.219 e. The Morgan fingerprint density at radius 3 is 2.81 bits per heavy atom. The Balaban J connectivity index is 2.73. The average Bonchev–Trinajstić information content (AvgIpc) is 2.28. The number of hydrogen-bond acceptors (Lipinski definition) is 2. The van der Waals surface area contributed by atoms with Gasteiger partial charge in [0.15, 0.2) is 0 Å². The van der Waals surface area contributed by atoms with Crippen LogP contribution in [0.2, 0.25) is 5.02 Å². The minimum atomic E-state index is 0.0254. The number of amides is 1. The molecule has 1 aromatic carbocycles. The number of hydrogen-bond donors (Lipinski definition) is 1. The van der Waals surface area contributed by atoms with Crippen molar-refractivity contribution in [2.24, 2.45) is 0 Å². The van der Waals surface area contributed by atoms with E-state index in [1.165, 1.54) is 0 Å². The maximum absolute atomic E-state index is 11.1. The topological polar surface area (TPSA) is 38.3 Å². The molecule has 1 N–H and O–H groups in total. The van der Waals surface area contributed by atoms with Crippen LogP contribution in [0.15, 0.2) is 18.2 Å². The number of carbonyl (C=O) groups is 1. The van der Waals surface area contributed by atoms with Crippen LogP contribution in [0.3, 0.4) is 0 Å². The monoisotopic (exact) mass is 241 g/mol. The third kappa shape index (κ3) is 3.74. The Kier molecular flexibility index (Phi) is 5.12. The zero-order chi connectivity index (χ0) is 12.0. The van der Waals surface area contributed by atoms with E-state index in [9.17, 15) is 4.79 Å². The summed E-state index contributed by atoms with van der Waals surface area (Å²) in [4.78, 5) is 11.1. The van der Waals surface area contributed by atoms with Crippen molar-refractivity contribution in [1.82, 2.24) is 5.32 Å². The quantitative estimate of drug-likeness (QED) is 0.861. The molecule has 0 fully saturated rings. The van der Waals surface area contributed by atoms with Crippen molar-refractivity contribution in [3.63, 3.8) is 0 Å². The lowest BCUT2D eigenvalue weighted by Crippen LogP contribution is -2.21. The minimum Gasteiger partial charge on any atom is -0.493 e. The summed E-state index contributed by atoms with van der Waals surface area (Å²) in [5.74, 6) is 0.754. The van der Waals surface area contributed by atoms with Crippen molar-refractivity contribution in [1.29, 1.82) is 0 Å². The van der Waals surface area contributed by atoms with E-state index in [0.717, 1.165) is 11.3 Å². The molecule has 1 aromatic rings. The minimum absolute atomic E-state index is 0.0254. The Hall–Kier alpha value is -1.22. The number of carbonyl (C=O) groups excluding carboxylic acids is 1. The summed E-state index contributed by atoms with van der Waals surface area (Å²) in [6, 6.07) is 5.42. The third-order valence-corrected chi connectivity index (χ3v) is 2.36. The van der Waals surface area contributed by atoms with E-state index in [-0.39, 0.29) is 5.91 Å². The van der Waals surface area contributed by atoms with E-state index in [4.69, 9.17) is 16.3 Å². The predicted octanol–water partition coefficient (Wildman–Crippen LogP) is 2.76. The highest BCUT2D eigenvalue weighted by molar-refractivity contribution is 6.30. The molecule has 1 rings (SSSR count). The molecule has 0 saturated carbocycles. The van der Waals surface area contributed by atoms with Crippen molar-refractivity contribution < 1.29 is 9.53 Å². The van der Waals surface area contributed by atoms with Gasteiger partial charge < -0.3 is 10.1 Å². The van der Waals surface area contributed by atoms with Crippen LogP contribution in [0.25, 0.3) is 0 Å². The molecule has 0 aromatic heterocycles. The summed E-state index contributed by atoms with van der Waals surface area (Å²) in [5, 5.41) is 3.44. The van der Waals surface area contributed by atoms with Crippen LogP contribution < -0.4 is 10.1 Å². The fourth-order valence-corrected chi connectivity index (χ4v) is 1.45. The molecule has 0 saturated heterocycles. The number of benzene rings is 1. The van der Waals surface area contributed by atoms with Crippen LogP contribution in [0.5, 0.6) is 5.75 Å². The van der Waals surface area contributed by atoms with Crippen LogP contribution >= 0.6 is 11.6 Å². The first-order valence-electron chi connectivity index (χ1n) is 5.35. The second-order valence-electron chi connectivity index (χ2n) is 3.32. The molecule has 0 radical (unpaired) electrons. The van der Waals surface area contributed by atoms with E-state index in [0.29, 0.717) is 24.6 Å². The molecule has 1 amide bonds. The fourth-order valence-electron chi connectivity index (χ4n) is 1.28. The molecule has 88 valence electrons. The van der Waals surface area contributed by atoms with Gasteiger partial charge in [-0.1, -0.05) is 24.6 Å². The van der Waals surface area contributed by atoms with Gasteiger partial charge in [-0.15, -0.1) is 0 Å². The van der Waals surface area contributed by atoms with Gasteiger partial charge in [-0.25, -0.2) is 0 Å². The molecular weight excluding hydrogens is 226 g/mol. The SMILES string of the molecule is CCOc1cc(Cl)ccc1CNC(=O)CC. The zero-order valence-corrected chi connectivity index (χ0v) is 10.3. The number of nitrogens with one attached hydrogen (secondary N) is 1.